The maximum Gasteiger partial charge on any atom is 0.242 e. The van der Waals surface area contributed by atoms with Crippen molar-refractivity contribution in [2.75, 3.05) is 25.0 Å². The lowest BCUT2D eigenvalue weighted by atomic mass is 10.0. The third kappa shape index (κ3) is 3.50. The molecule has 0 bridgehead atoms. The molecular formula is C14H22N2O3S. The van der Waals surface area contributed by atoms with Crippen molar-refractivity contribution < 1.29 is 13.2 Å². The van der Waals surface area contributed by atoms with Crippen molar-refractivity contribution >= 4 is 15.7 Å². The molecule has 1 saturated heterocycles. The highest BCUT2D eigenvalue weighted by molar-refractivity contribution is 7.89. The Balaban J connectivity index is 2.16. The van der Waals surface area contributed by atoms with Crippen molar-refractivity contribution in [1.82, 2.24) is 4.72 Å². The summed E-state index contributed by atoms with van der Waals surface area (Å²) in [7, 11) is -3.46. The summed E-state index contributed by atoms with van der Waals surface area (Å²) in [4.78, 5) is 0.281. The predicted octanol–water partition coefficient (Wildman–Crippen LogP) is 1.97. The molecule has 0 spiro atoms. The SMILES string of the molecule is CCNS(=O)(=O)c1ccccc1NCC1(C)CCCO1. The second-order valence-corrected chi connectivity index (χ2v) is 6.99. The fourth-order valence-corrected chi connectivity index (χ4v) is 3.60. The number of hydrogen-bond donors (Lipinski definition) is 2. The Hall–Kier alpha value is -1.11. The smallest absolute Gasteiger partial charge is 0.242 e. The minimum Gasteiger partial charge on any atom is -0.381 e. The largest absolute Gasteiger partial charge is 0.381 e. The molecule has 0 radical (unpaired) electrons. The van der Waals surface area contributed by atoms with Crippen LogP contribution < -0.4 is 10.0 Å². The fraction of sp³-hybridized carbons (Fsp3) is 0.571. The second-order valence-electron chi connectivity index (χ2n) is 5.25. The molecule has 0 amide bonds. The lowest BCUT2D eigenvalue weighted by molar-refractivity contribution is 0.0315. The van der Waals surface area contributed by atoms with Crippen LogP contribution in [0.5, 0.6) is 0 Å². The van der Waals surface area contributed by atoms with Gasteiger partial charge in [-0.3, -0.25) is 0 Å². The molecule has 112 valence electrons. The van der Waals surface area contributed by atoms with Crippen LogP contribution in [0.25, 0.3) is 0 Å². The number of hydrogen-bond acceptors (Lipinski definition) is 4. The van der Waals surface area contributed by atoms with E-state index in [0.29, 0.717) is 18.8 Å². The average Bonchev–Trinajstić information content (AvgIpc) is 2.84. The van der Waals surface area contributed by atoms with E-state index >= 15 is 0 Å². The standard InChI is InChI=1S/C14H22N2O3S/c1-3-16-20(17,18)13-8-5-4-7-12(13)15-11-14(2)9-6-10-19-14/h4-5,7-8,15-16H,3,6,9-11H2,1-2H3. The summed E-state index contributed by atoms with van der Waals surface area (Å²) < 4.78 is 32.5. The number of para-hydroxylation sites is 1. The summed E-state index contributed by atoms with van der Waals surface area (Å²) in [5.41, 5.74) is 0.403. The summed E-state index contributed by atoms with van der Waals surface area (Å²) in [6.07, 6.45) is 2.04. The topological polar surface area (TPSA) is 67.4 Å². The van der Waals surface area contributed by atoms with Gasteiger partial charge in [-0.15, -0.1) is 0 Å². The highest BCUT2D eigenvalue weighted by Gasteiger charge is 2.30. The monoisotopic (exact) mass is 298 g/mol. The molecule has 1 aromatic rings. The minimum absolute atomic E-state index is 0.213. The molecule has 0 saturated carbocycles. The second kappa shape index (κ2) is 6.11. The maximum atomic E-state index is 12.1. The van der Waals surface area contributed by atoms with E-state index in [-0.39, 0.29) is 10.5 Å². The van der Waals surface area contributed by atoms with Crippen molar-refractivity contribution in [3.05, 3.63) is 24.3 Å². The quantitative estimate of drug-likeness (QED) is 0.842. The van der Waals surface area contributed by atoms with Gasteiger partial charge in [-0.1, -0.05) is 19.1 Å². The van der Waals surface area contributed by atoms with Gasteiger partial charge in [0.15, 0.2) is 0 Å². The summed E-state index contributed by atoms with van der Waals surface area (Å²) in [5, 5.41) is 3.22. The Morgan fingerprint density at radius 2 is 2.10 bits per heavy atom. The van der Waals surface area contributed by atoms with Gasteiger partial charge < -0.3 is 10.1 Å². The molecule has 1 aliphatic rings. The molecule has 1 atom stereocenters. The average molecular weight is 298 g/mol. The first-order valence-corrected chi connectivity index (χ1v) is 8.42. The van der Waals surface area contributed by atoms with E-state index in [1.54, 1.807) is 25.1 Å². The number of ether oxygens (including phenoxy) is 1. The molecule has 1 fully saturated rings. The highest BCUT2D eigenvalue weighted by Crippen LogP contribution is 2.27. The van der Waals surface area contributed by atoms with Crippen LogP contribution in [0.3, 0.4) is 0 Å². The van der Waals surface area contributed by atoms with E-state index in [4.69, 9.17) is 4.74 Å². The molecule has 20 heavy (non-hydrogen) atoms. The predicted molar refractivity (Wildman–Crippen MR) is 79.4 cm³/mol. The number of sulfonamides is 1. The molecular weight excluding hydrogens is 276 g/mol. The zero-order valence-electron chi connectivity index (χ0n) is 12.0. The normalized spacial score (nSPS) is 22.9. The number of anilines is 1. The first-order chi connectivity index (χ1) is 9.47. The maximum absolute atomic E-state index is 12.1. The minimum atomic E-state index is -3.46. The number of rotatable bonds is 6. The fourth-order valence-electron chi connectivity index (χ4n) is 2.37. The van der Waals surface area contributed by atoms with E-state index in [2.05, 4.69) is 17.0 Å². The van der Waals surface area contributed by atoms with Gasteiger partial charge in [0.05, 0.1) is 11.3 Å². The van der Waals surface area contributed by atoms with Crippen LogP contribution in [0.1, 0.15) is 26.7 Å². The summed E-state index contributed by atoms with van der Waals surface area (Å²) in [5.74, 6) is 0. The molecule has 6 heteroatoms. The summed E-state index contributed by atoms with van der Waals surface area (Å²) in [6.45, 7) is 5.56. The van der Waals surface area contributed by atoms with Gasteiger partial charge in [0, 0.05) is 19.7 Å². The first kappa shape index (κ1) is 15.3. The number of benzene rings is 1. The molecule has 2 rings (SSSR count). The van der Waals surface area contributed by atoms with Gasteiger partial charge in [0.25, 0.3) is 0 Å². The van der Waals surface area contributed by atoms with Crippen LogP contribution in [-0.2, 0) is 14.8 Å². The Labute approximate surface area is 120 Å². The molecule has 0 aliphatic carbocycles. The van der Waals surface area contributed by atoms with Crippen LogP contribution >= 0.6 is 0 Å². The first-order valence-electron chi connectivity index (χ1n) is 6.93. The third-order valence-electron chi connectivity index (χ3n) is 3.46. The van der Waals surface area contributed by atoms with Crippen LogP contribution in [0.2, 0.25) is 0 Å². The van der Waals surface area contributed by atoms with E-state index < -0.39 is 10.0 Å². The Morgan fingerprint density at radius 3 is 2.75 bits per heavy atom. The molecule has 0 aromatic heterocycles. The van der Waals surface area contributed by atoms with Crippen molar-refractivity contribution in [3.8, 4) is 0 Å². The van der Waals surface area contributed by atoms with Crippen LogP contribution in [0, 0.1) is 0 Å². The van der Waals surface area contributed by atoms with Gasteiger partial charge in [-0.2, -0.15) is 0 Å². The van der Waals surface area contributed by atoms with E-state index in [9.17, 15) is 8.42 Å². The number of nitrogens with one attached hydrogen (secondary N) is 2. The van der Waals surface area contributed by atoms with E-state index in [1.165, 1.54) is 0 Å². The zero-order valence-corrected chi connectivity index (χ0v) is 12.8. The molecule has 1 aromatic carbocycles. The van der Waals surface area contributed by atoms with Crippen molar-refractivity contribution in [2.24, 2.45) is 0 Å². The van der Waals surface area contributed by atoms with Crippen molar-refractivity contribution in [1.29, 1.82) is 0 Å². The lowest BCUT2D eigenvalue weighted by Crippen LogP contribution is -2.33. The van der Waals surface area contributed by atoms with Crippen molar-refractivity contribution in [2.45, 2.75) is 37.2 Å². The van der Waals surface area contributed by atoms with Crippen LogP contribution in [-0.4, -0.2) is 33.7 Å². The van der Waals surface area contributed by atoms with Crippen molar-refractivity contribution in [3.63, 3.8) is 0 Å². The van der Waals surface area contributed by atoms with Gasteiger partial charge in [-0.05, 0) is 31.9 Å². The van der Waals surface area contributed by atoms with Gasteiger partial charge in [-0.25, -0.2) is 13.1 Å². The van der Waals surface area contributed by atoms with Crippen LogP contribution in [0.4, 0.5) is 5.69 Å². The Kier molecular flexibility index (Phi) is 4.67. The highest BCUT2D eigenvalue weighted by atomic mass is 32.2. The van der Waals surface area contributed by atoms with Gasteiger partial charge >= 0.3 is 0 Å². The zero-order chi connectivity index (χ0) is 14.6. The molecule has 1 aliphatic heterocycles. The third-order valence-corrected chi connectivity index (χ3v) is 5.07. The lowest BCUT2D eigenvalue weighted by Gasteiger charge is -2.24. The van der Waals surface area contributed by atoms with Crippen LogP contribution in [0.15, 0.2) is 29.2 Å². The van der Waals surface area contributed by atoms with Gasteiger partial charge in [0.2, 0.25) is 10.0 Å². The van der Waals surface area contributed by atoms with Gasteiger partial charge in [0.1, 0.15) is 4.90 Å². The summed E-state index contributed by atoms with van der Waals surface area (Å²) >= 11 is 0. The molecule has 1 heterocycles. The van der Waals surface area contributed by atoms with E-state index in [0.717, 1.165) is 19.4 Å². The Morgan fingerprint density at radius 1 is 1.35 bits per heavy atom. The molecule has 5 nitrogen and oxygen atoms in total. The summed E-state index contributed by atoms with van der Waals surface area (Å²) in [6, 6.07) is 6.94. The molecule has 2 N–H and O–H groups in total. The van der Waals surface area contributed by atoms with E-state index in [1.807, 2.05) is 6.07 Å². The Bertz CT molecular complexity index is 551. The molecule has 1 unspecified atom stereocenters.